The van der Waals surface area contributed by atoms with Gasteiger partial charge in [-0.3, -0.25) is 0 Å². The molecule has 42 heavy (non-hydrogen) atoms. The molecule has 9 aromatic rings. The molecule has 0 radical (unpaired) electrons. The van der Waals surface area contributed by atoms with E-state index in [9.17, 15) is 0 Å². The maximum absolute atomic E-state index is 6.36. The summed E-state index contributed by atoms with van der Waals surface area (Å²) in [5.74, 6) is 0. The number of para-hydroxylation sites is 1. The molecule has 0 aliphatic rings. The number of rotatable bonds is 3. The van der Waals surface area contributed by atoms with Gasteiger partial charge in [-0.2, -0.15) is 0 Å². The Morgan fingerprint density at radius 3 is 1.81 bits per heavy atom. The lowest BCUT2D eigenvalue weighted by molar-refractivity contribution is 0.669. The Balaban J connectivity index is 1.39. The van der Waals surface area contributed by atoms with E-state index in [1.54, 1.807) is 0 Å². The van der Waals surface area contributed by atoms with Gasteiger partial charge >= 0.3 is 0 Å². The Morgan fingerprint density at radius 2 is 0.976 bits per heavy atom. The van der Waals surface area contributed by atoms with Crippen molar-refractivity contribution < 1.29 is 4.42 Å². The molecule has 0 unspecified atom stereocenters. The van der Waals surface area contributed by atoms with Crippen molar-refractivity contribution in [3.05, 3.63) is 152 Å². The van der Waals surface area contributed by atoms with E-state index < -0.39 is 0 Å². The lowest BCUT2D eigenvalue weighted by Gasteiger charge is -2.28. The molecule has 0 fully saturated rings. The van der Waals surface area contributed by atoms with Crippen LogP contribution in [0.15, 0.2) is 156 Å². The fraction of sp³-hybridized carbons (Fsp3) is 0. The van der Waals surface area contributed by atoms with Crippen molar-refractivity contribution in [2.75, 3.05) is 4.90 Å². The van der Waals surface area contributed by atoms with E-state index in [2.05, 4.69) is 157 Å². The van der Waals surface area contributed by atoms with Crippen LogP contribution in [0, 0.1) is 0 Å². The van der Waals surface area contributed by atoms with Crippen LogP contribution in [0.2, 0.25) is 0 Å². The maximum atomic E-state index is 6.36. The molecule has 0 aliphatic heterocycles. The first-order chi connectivity index (χ1) is 20.8. The Kier molecular flexibility index (Phi) is 4.93. The molecule has 2 nitrogen and oxygen atoms in total. The van der Waals surface area contributed by atoms with E-state index in [0.717, 1.165) is 39.0 Å². The Bertz CT molecular complexity index is 2470. The molecule has 0 aliphatic carbocycles. The molecule has 0 atom stereocenters. The summed E-state index contributed by atoms with van der Waals surface area (Å²) in [6.45, 7) is 0. The minimum absolute atomic E-state index is 0.896. The highest BCUT2D eigenvalue weighted by molar-refractivity contribution is 6.22. The molecule has 1 aromatic heterocycles. The first-order valence-corrected chi connectivity index (χ1v) is 14.4. The molecular formula is C40H25NO. The van der Waals surface area contributed by atoms with Crippen molar-refractivity contribution in [3.63, 3.8) is 0 Å². The predicted octanol–water partition coefficient (Wildman–Crippen LogP) is 11.7. The van der Waals surface area contributed by atoms with Crippen molar-refractivity contribution in [3.8, 4) is 0 Å². The van der Waals surface area contributed by atoms with Crippen LogP contribution in [0.4, 0.5) is 17.1 Å². The third-order valence-corrected chi connectivity index (χ3v) is 8.60. The average Bonchev–Trinajstić information content (AvgIpc) is 3.44. The smallest absolute Gasteiger partial charge is 0.136 e. The molecule has 1 heterocycles. The first-order valence-electron chi connectivity index (χ1n) is 14.4. The molecule has 0 saturated carbocycles. The summed E-state index contributed by atoms with van der Waals surface area (Å²) in [6.07, 6.45) is 0. The van der Waals surface area contributed by atoms with E-state index >= 15 is 0 Å². The fourth-order valence-electron chi connectivity index (χ4n) is 6.71. The largest absolute Gasteiger partial charge is 0.456 e. The van der Waals surface area contributed by atoms with Crippen LogP contribution < -0.4 is 4.90 Å². The van der Waals surface area contributed by atoms with Gasteiger partial charge in [0.15, 0.2) is 0 Å². The fourth-order valence-corrected chi connectivity index (χ4v) is 6.71. The summed E-state index contributed by atoms with van der Waals surface area (Å²) in [5.41, 5.74) is 5.16. The monoisotopic (exact) mass is 535 g/mol. The van der Waals surface area contributed by atoms with Gasteiger partial charge in [-0.05, 0) is 80.2 Å². The number of furan rings is 1. The Labute approximate surface area is 242 Å². The molecular weight excluding hydrogens is 510 g/mol. The van der Waals surface area contributed by atoms with Crippen molar-refractivity contribution in [1.29, 1.82) is 0 Å². The van der Waals surface area contributed by atoms with Gasteiger partial charge in [-0.25, -0.2) is 0 Å². The minimum atomic E-state index is 0.896. The van der Waals surface area contributed by atoms with Crippen molar-refractivity contribution in [2.45, 2.75) is 0 Å². The number of nitrogens with zero attached hydrogens (tertiary/aromatic N) is 1. The molecule has 9 rings (SSSR count). The zero-order valence-corrected chi connectivity index (χ0v) is 22.8. The highest BCUT2D eigenvalue weighted by atomic mass is 16.3. The Morgan fingerprint density at radius 1 is 0.357 bits per heavy atom. The Hall–Kier alpha value is -5.60. The minimum Gasteiger partial charge on any atom is -0.456 e. The van der Waals surface area contributed by atoms with Gasteiger partial charge < -0.3 is 9.32 Å². The first kappa shape index (κ1) is 23.1. The second-order valence-electron chi connectivity index (χ2n) is 10.9. The van der Waals surface area contributed by atoms with Gasteiger partial charge in [0.05, 0.1) is 5.69 Å². The van der Waals surface area contributed by atoms with E-state index in [-0.39, 0.29) is 0 Å². The molecule has 0 spiro atoms. The van der Waals surface area contributed by atoms with Gasteiger partial charge in [0, 0.05) is 27.5 Å². The van der Waals surface area contributed by atoms with Crippen LogP contribution in [-0.2, 0) is 0 Å². The van der Waals surface area contributed by atoms with E-state index in [4.69, 9.17) is 4.42 Å². The van der Waals surface area contributed by atoms with Crippen LogP contribution in [0.5, 0.6) is 0 Å². The third kappa shape index (κ3) is 3.39. The van der Waals surface area contributed by atoms with Crippen LogP contribution in [0.25, 0.3) is 65.0 Å². The van der Waals surface area contributed by atoms with Gasteiger partial charge in [0.2, 0.25) is 0 Å². The van der Waals surface area contributed by atoms with Crippen molar-refractivity contribution in [2.24, 2.45) is 0 Å². The molecule has 196 valence electrons. The molecule has 0 N–H and O–H groups in total. The second kappa shape index (κ2) is 8.95. The van der Waals surface area contributed by atoms with Crippen molar-refractivity contribution in [1.82, 2.24) is 0 Å². The van der Waals surface area contributed by atoms with Gasteiger partial charge in [0.25, 0.3) is 0 Å². The number of hydrogen-bond donors (Lipinski definition) is 0. The zero-order chi connectivity index (χ0) is 27.6. The van der Waals surface area contributed by atoms with E-state index in [1.807, 2.05) is 0 Å². The highest BCUT2D eigenvalue weighted by Crippen LogP contribution is 2.45. The molecule has 0 bridgehead atoms. The SMILES string of the molecule is c1ccc(N(c2ccc3oc4ccc5ccccc5c4c3c2)c2cc3c4ccccc4ccc3c3ccccc23)cc1. The second-order valence-corrected chi connectivity index (χ2v) is 10.9. The van der Waals surface area contributed by atoms with Crippen LogP contribution in [0.1, 0.15) is 0 Å². The van der Waals surface area contributed by atoms with Gasteiger partial charge in [-0.1, -0.05) is 109 Å². The maximum Gasteiger partial charge on any atom is 0.136 e. The summed E-state index contributed by atoms with van der Waals surface area (Å²) in [6, 6.07) is 54.4. The molecule has 0 saturated heterocycles. The number of benzene rings is 8. The molecule has 2 heteroatoms. The van der Waals surface area contributed by atoms with Crippen LogP contribution in [-0.4, -0.2) is 0 Å². The van der Waals surface area contributed by atoms with Gasteiger partial charge in [-0.15, -0.1) is 0 Å². The lowest BCUT2D eigenvalue weighted by Crippen LogP contribution is -2.10. The summed E-state index contributed by atoms with van der Waals surface area (Å²) in [7, 11) is 0. The van der Waals surface area contributed by atoms with Gasteiger partial charge in [0.1, 0.15) is 11.2 Å². The summed E-state index contributed by atoms with van der Waals surface area (Å²) in [5, 5.41) is 12.2. The van der Waals surface area contributed by atoms with Crippen molar-refractivity contribution >= 4 is 82.1 Å². The third-order valence-electron chi connectivity index (χ3n) is 8.60. The average molecular weight is 536 g/mol. The molecule has 8 aromatic carbocycles. The topological polar surface area (TPSA) is 16.4 Å². The normalized spacial score (nSPS) is 11.8. The van der Waals surface area contributed by atoms with E-state index in [1.165, 1.54) is 43.1 Å². The number of anilines is 3. The summed E-state index contributed by atoms with van der Waals surface area (Å²) in [4.78, 5) is 2.40. The number of hydrogen-bond acceptors (Lipinski definition) is 2. The summed E-state index contributed by atoms with van der Waals surface area (Å²) < 4.78 is 6.36. The number of fused-ring (bicyclic) bond motifs is 10. The zero-order valence-electron chi connectivity index (χ0n) is 22.8. The molecule has 0 amide bonds. The van der Waals surface area contributed by atoms with E-state index in [0.29, 0.717) is 0 Å². The highest BCUT2D eigenvalue weighted by Gasteiger charge is 2.20. The predicted molar refractivity (Wildman–Crippen MR) is 178 cm³/mol. The standard InChI is InChI=1S/C40H25NO/c1-2-12-28(13-3-1)41(29-20-23-38-36(24-29)40-31-15-7-5-11-27(31)19-22-39(40)42-38)37-25-35-30-14-6-4-10-26(30)18-21-33(35)32-16-8-9-17-34(32)37/h1-25H. The summed E-state index contributed by atoms with van der Waals surface area (Å²) >= 11 is 0. The van der Waals surface area contributed by atoms with Crippen LogP contribution >= 0.6 is 0 Å². The lowest BCUT2D eigenvalue weighted by atomic mass is 9.95. The quantitative estimate of drug-likeness (QED) is 0.209. The van der Waals surface area contributed by atoms with Crippen LogP contribution in [0.3, 0.4) is 0 Å².